The number of rotatable bonds is 5. The molecule has 2 nitrogen and oxygen atoms in total. The van der Waals surface area contributed by atoms with Crippen molar-refractivity contribution < 1.29 is 9.13 Å². The van der Waals surface area contributed by atoms with Crippen LogP contribution >= 0.6 is 0 Å². The number of halogens is 1. The first-order chi connectivity index (χ1) is 7.13. The topological polar surface area (TPSA) is 21.3 Å². The molecule has 0 heterocycles. The summed E-state index contributed by atoms with van der Waals surface area (Å²) in [6, 6.07) is 5.37. The Morgan fingerprint density at radius 1 is 1.47 bits per heavy atom. The van der Waals surface area contributed by atoms with E-state index in [1.165, 1.54) is 6.07 Å². The van der Waals surface area contributed by atoms with Crippen LogP contribution in [0.25, 0.3) is 0 Å². The van der Waals surface area contributed by atoms with E-state index in [-0.39, 0.29) is 5.82 Å². The molecule has 3 heteroatoms. The van der Waals surface area contributed by atoms with Crippen molar-refractivity contribution in [2.24, 2.45) is 0 Å². The van der Waals surface area contributed by atoms with Crippen LogP contribution in [0.1, 0.15) is 18.9 Å². The zero-order valence-corrected chi connectivity index (χ0v) is 9.51. The molecule has 0 saturated heterocycles. The zero-order chi connectivity index (χ0) is 11.3. The van der Waals surface area contributed by atoms with E-state index >= 15 is 0 Å². The Morgan fingerprint density at radius 3 is 2.80 bits per heavy atom. The number of hydrogen-bond acceptors (Lipinski definition) is 2. The predicted octanol–water partition coefficient (Wildman–Crippen LogP) is 2.51. The minimum Gasteiger partial charge on any atom is -0.493 e. The van der Waals surface area contributed by atoms with E-state index in [4.69, 9.17) is 4.74 Å². The standard InChI is InChI=1S/C12H18FNO/c1-9-4-5-11(8-12(9)13)15-7-6-10(2)14-3/h4-5,8,10,14H,6-7H2,1-3H3. The predicted molar refractivity (Wildman–Crippen MR) is 59.8 cm³/mol. The average molecular weight is 211 g/mol. The van der Waals surface area contributed by atoms with Crippen molar-refractivity contribution in [3.8, 4) is 5.75 Å². The summed E-state index contributed by atoms with van der Waals surface area (Å²) in [5.74, 6) is 0.385. The monoisotopic (exact) mass is 211 g/mol. The second kappa shape index (κ2) is 5.71. The fourth-order valence-corrected chi connectivity index (χ4v) is 1.16. The molecule has 0 bridgehead atoms. The molecule has 84 valence electrons. The summed E-state index contributed by atoms with van der Waals surface area (Å²) >= 11 is 0. The van der Waals surface area contributed by atoms with Gasteiger partial charge < -0.3 is 10.1 Å². The molecule has 0 aliphatic carbocycles. The molecule has 0 aliphatic heterocycles. The van der Waals surface area contributed by atoms with Gasteiger partial charge in [-0.25, -0.2) is 4.39 Å². The lowest BCUT2D eigenvalue weighted by atomic mass is 10.2. The number of aryl methyl sites for hydroxylation is 1. The third-order valence-corrected chi connectivity index (χ3v) is 2.46. The first-order valence-electron chi connectivity index (χ1n) is 5.19. The van der Waals surface area contributed by atoms with Gasteiger partial charge in [0.05, 0.1) is 6.61 Å². The largest absolute Gasteiger partial charge is 0.493 e. The van der Waals surface area contributed by atoms with Crippen LogP contribution in [-0.2, 0) is 0 Å². The summed E-state index contributed by atoms with van der Waals surface area (Å²) in [6.45, 7) is 4.42. The first-order valence-corrected chi connectivity index (χ1v) is 5.19. The maximum Gasteiger partial charge on any atom is 0.129 e. The molecule has 0 amide bonds. The second-order valence-corrected chi connectivity index (χ2v) is 3.74. The Morgan fingerprint density at radius 2 is 2.20 bits per heavy atom. The minimum atomic E-state index is -0.214. The van der Waals surface area contributed by atoms with Gasteiger partial charge in [0.1, 0.15) is 11.6 Å². The summed E-state index contributed by atoms with van der Waals surface area (Å²) in [7, 11) is 1.91. The van der Waals surface area contributed by atoms with Gasteiger partial charge in [0.25, 0.3) is 0 Å². The molecule has 15 heavy (non-hydrogen) atoms. The molecule has 0 fully saturated rings. The van der Waals surface area contributed by atoms with Crippen LogP contribution in [0.2, 0.25) is 0 Å². The lowest BCUT2D eigenvalue weighted by Gasteiger charge is -2.11. The van der Waals surface area contributed by atoms with Gasteiger partial charge in [0.15, 0.2) is 0 Å². The van der Waals surface area contributed by atoms with Gasteiger partial charge in [-0.15, -0.1) is 0 Å². The van der Waals surface area contributed by atoms with Crippen LogP contribution < -0.4 is 10.1 Å². The van der Waals surface area contributed by atoms with Crippen molar-refractivity contribution in [2.45, 2.75) is 26.3 Å². The lowest BCUT2D eigenvalue weighted by molar-refractivity contribution is 0.292. The first kappa shape index (κ1) is 12.0. The minimum absolute atomic E-state index is 0.214. The van der Waals surface area contributed by atoms with Crippen LogP contribution in [0, 0.1) is 12.7 Å². The van der Waals surface area contributed by atoms with Crippen LogP contribution in [0.15, 0.2) is 18.2 Å². The Bertz CT molecular complexity index is 314. The van der Waals surface area contributed by atoms with E-state index < -0.39 is 0 Å². The van der Waals surface area contributed by atoms with Crippen molar-refractivity contribution in [3.63, 3.8) is 0 Å². The smallest absolute Gasteiger partial charge is 0.129 e. The second-order valence-electron chi connectivity index (χ2n) is 3.74. The highest BCUT2D eigenvalue weighted by Gasteiger charge is 2.01. The van der Waals surface area contributed by atoms with Gasteiger partial charge >= 0.3 is 0 Å². The van der Waals surface area contributed by atoms with Crippen molar-refractivity contribution in [2.75, 3.05) is 13.7 Å². The van der Waals surface area contributed by atoms with Crippen LogP contribution in [0.5, 0.6) is 5.75 Å². The molecule has 0 radical (unpaired) electrons. The number of hydrogen-bond donors (Lipinski definition) is 1. The Kier molecular flexibility index (Phi) is 4.56. The highest BCUT2D eigenvalue weighted by molar-refractivity contribution is 5.27. The third-order valence-electron chi connectivity index (χ3n) is 2.46. The van der Waals surface area contributed by atoms with Crippen LogP contribution in [-0.4, -0.2) is 19.7 Å². The SMILES string of the molecule is CNC(C)CCOc1ccc(C)c(F)c1. The highest BCUT2D eigenvalue weighted by atomic mass is 19.1. The summed E-state index contributed by atoms with van der Waals surface area (Å²) in [4.78, 5) is 0. The van der Waals surface area contributed by atoms with E-state index in [0.29, 0.717) is 24.0 Å². The Hall–Kier alpha value is -1.09. The molecule has 1 N–H and O–H groups in total. The van der Waals surface area contributed by atoms with E-state index in [1.807, 2.05) is 7.05 Å². The van der Waals surface area contributed by atoms with Crippen molar-refractivity contribution in [1.82, 2.24) is 5.32 Å². The molecule has 1 aromatic rings. The van der Waals surface area contributed by atoms with E-state index in [9.17, 15) is 4.39 Å². The quantitative estimate of drug-likeness (QED) is 0.808. The summed E-state index contributed by atoms with van der Waals surface area (Å²) in [6.07, 6.45) is 0.909. The fourth-order valence-electron chi connectivity index (χ4n) is 1.16. The van der Waals surface area contributed by atoms with Crippen LogP contribution in [0.4, 0.5) is 4.39 Å². The lowest BCUT2D eigenvalue weighted by Crippen LogP contribution is -2.23. The fraction of sp³-hybridized carbons (Fsp3) is 0.500. The van der Waals surface area contributed by atoms with Gasteiger partial charge in [-0.05, 0) is 38.9 Å². The highest BCUT2D eigenvalue weighted by Crippen LogP contribution is 2.15. The van der Waals surface area contributed by atoms with Crippen molar-refractivity contribution in [1.29, 1.82) is 0 Å². The average Bonchev–Trinajstić information content (AvgIpc) is 2.23. The van der Waals surface area contributed by atoms with E-state index in [2.05, 4.69) is 12.2 Å². The van der Waals surface area contributed by atoms with E-state index in [1.54, 1.807) is 19.1 Å². The molecule has 0 saturated carbocycles. The van der Waals surface area contributed by atoms with E-state index in [0.717, 1.165) is 6.42 Å². The third kappa shape index (κ3) is 3.88. The molecule has 0 aromatic heterocycles. The van der Waals surface area contributed by atoms with Gasteiger partial charge in [-0.3, -0.25) is 0 Å². The molecular weight excluding hydrogens is 193 g/mol. The van der Waals surface area contributed by atoms with Crippen LogP contribution in [0.3, 0.4) is 0 Å². The molecule has 1 unspecified atom stereocenters. The normalized spacial score (nSPS) is 12.5. The number of ether oxygens (including phenoxy) is 1. The summed E-state index contributed by atoms with van der Waals surface area (Å²) in [5, 5.41) is 3.12. The van der Waals surface area contributed by atoms with Gasteiger partial charge in [-0.2, -0.15) is 0 Å². The molecule has 1 rings (SSSR count). The Labute approximate surface area is 90.4 Å². The summed E-state index contributed by atoms with van der Waals surface area (Å²) < 4.78 is 18.6. The van der Waals surface area contributed by atoms with Crippen molar-refractivity contribution >= 4 is 0 Å². The van der Waals surface area contributed by atoms with Gasteiger partial charge in [0, 0.05) is 12.1 Å². The number of nitrogens with one attached hydrogen (secondary N) is 1. The maximum atomic E-state index is 13.1. The van der Waals surface area contributed by atoms with Gasteiger partial charge in [0.2, 0.25) is 0 Å². The molecule has 1 atom stereocenters. The van der Waals surface area contributed by atoms with Gasteiger partial charge in [-0.1, -0.05) is 6.07 Å². The molecule has 0 aliphatic rings. The molecular formula is C12H18FNO. The molecule has 0 spiro atoms. The maximum absolute atomic E-state index is 13.1. The Balaban J connectivity index is 2.41. The summed E-state index contributed by atoms with van der Waals surface area (Å²) in [5.41, 5.74) is 0.644. The number of benzene rings is 1. The zero-order valence-electron chi connectivity index (χ0n) is 9.51. The molecule has 1 aromatic carbocycles. The van der Waals surface area contributed by atoms with Crippen molar-refractivity contribution in [3.05, 3.63) is 29.6 Å².